The highest BCUT2D eigenvalue weighted by Crippen LogP contribution is 2.07. The Kier molecular flexibility index (Phi) is 4.50. The first-order valence-electron chi connectivity index (χ1n) is 6.58. The van der Waals surface area contributed by atoms with Crippen molar-refractivity contribution in [1.29, 1.82) is 0 Å². The number of benzene rings is 1. The highest BCUT2D eigenvalue weighted by Gasteiger charge is 2.28. The number of Topliss-reactive ketones (excluding diaryl/α,β-unsaturated/α-hetero) is 1. The van der Waals surface area contributed by atoms with Crippen molar-refractivity contribution in [1.82, 2.24) is 5.32 Å². The molecule has 5 nitrogen and oxygen atoms in total. The Balaban J connectivity index is 1.80. The highest BCUT2D eigenvalue weighted by molar-refractivity contribution is 6.00. The number of ketones is 1. The molecule has 1 aliphatic rings. The summed E-state index contributed by atoms with van der Waals surface area (Å²) in [5.74, 6) is -1.02. The number of carbonyl (C=O) groups excluding carboxylic acids is 3. The predicted molar refractivity (Wildman–Crippen MR) is 72.0 cm³/mol. The molecule has 0 aromatic heterocycles. The van der Waals surface area contributed by atoms with E-state index in [9.17, 15) is 14.4 Å². The molecular weight excluding hydrogens is 258 g/mol. The van der Waals surface area contributed by atoms with Crippen molar-refractivity contribution >= 4 is 17.7 Å². The maximum atomic E-state index is 11.8. The summed E-state index contributed by atoms with van der Waals surface area (Å²) in [5.41, 5.74) is 2.01. The summed E-state index contributed by atoms with van der Waals surface area (Å²) in [4.78, 5) is 34.6. The lowest BCUT2D eigenvalue weighted by Gasteiger charge is -2.08. The van der Waals surface area contributed by atoms with Crippen molar-refractivity contribution in [2.24, 2.45) is 0 Å². The smallest absolute Gasteiger partial charge is 0.328 e. The van der Waals surface area contributed by atoms with Crippen LogP contribution in [-0.4, -0.2) is 30.3 Å². The van der Waals surface area contributed by atoms with Gasteiger partial charge in [0, 0.05) is 12.8 Å². The lowest BCUT2D eigenvalue weighted by molar-refractivity contribution is -0.141. The highest BCUT2D eigenvalue weighted by atomic mass is 16.5. The molecule has 1 amide bonds. The molecule has 2 rings (SSSR count). The number of carbonyl (C=O) groups is 3. The summed E-state index contributed by atoms with van der Waals surface area (Å²) >= 11 is 0. The molecule has 0 radical (unpaired) electrons. The van der Waals surface area contributed by atoms with Gasteiger partial charge in [-0.2, -0.15) is 0 Å². The number of hydrogen-bond donors (Lipinski definition) is 1. The minimum absolute atomic E-state index is 0.169. The maximum Gasteiger partial charge on any atom is 0.328 e. The Hall–Kier alpha value is -2.17. The molecule has 1 atom stereocenters. The number of cyclic esters (lactones) is 1. The molecule has 0 spiro atoms. The van der Waals surface area contributed by atoms with Crippen LogP contribution in [0.1, 0.15) is 24.0 Å². The molecule has 0 aliphatic carbocycles. The number of aryl methyl sites for hydroxylation is 1. The minimum Gasteiger partial charge on any atom is -0.464 e. The number of nitrogens with one attached hydrogen (secondary N) is 1. The maximum absolute atomic E-state index is 11.8. The van der Waals surface area contributed by atoms with E-state index in [0.29, 0.717) is 13.0 Å². The lowest BCUT2D eigenvalue weighted by Crippen LogP contribution is -2.38. The predicted octanol–water partition coefficient (Wildman–Crippen LogP) is 0.928. The molecule has 1 aromatic carbocycles. The van der Waals surface area contributed by atoms with Crippen molar-refractivity contribution in [3.05, 3.63) is 35.4 Å². The Labute approximate surface area is 117 Å². The normalized spacial score (nSPS) is 17.6. The van der Waals surface area contributed by atoms with E-state index in [0.717, 1.165) is 11.1 Å². The average Bonchev–Trinajstić information content (AvgIpc) is 2.77. The van der Waals surface area contributed by atoms with Gasteiger partial charge in [-0.3, -0.25) is 9.59 Å². The molecule has 0 saturated carbocycles. The Morgan fingerprint density at radius 3 is 2.60 bits per heavy atom. The zero-order chi connectivity index (χ0) is 14.5. The van der Waals surface area contributed by atoms with Gasteiger partial charge in [-0.1, -0.05) is 29.8 Å². The Morgan fingerprint density at radius 2 is 2.00 bits per heavy atom. The molecule has 106 valence electrons. The summed E-state index contributed by atoms with van der Waals surface area (Å²) in [6.45, 7) is 2.29. The van der Waals surface area contributed by atoms with Gasteiger partial charge in [0.25, 0.3) is 0 Å². The van der Waals surface area contributed by atoms with Crippen molar-refractivity contribution < 1.29 is 19.1 Å². The molecule has 1 aliphatic heterocycles. The van der Waals surface area contributed by atoms with Crippen LogP contribution >= 0.6 is 0 Å². The second kappa shape index (κ2) is 6.32. The SMILES string of the molecule is Cc1ccc(CC(=O)CC(=O)NC2CCOC2=O)cc1. The van der Waals surface area contributed by atoms with E-state index in [1.54, 1.807) is 0 Å². The fourth-order valence-corrected chi connectivity index (χ4v) is 2.05. The first kappa shape index (κ1) is 14.2. The fourth-order valence-electron chi connectivity index (χ4n) is 2.05. The third kappa shape index (κ3) is 3.91. The van der Waals surface area contributed by atoms with Crippen LogP contribution in [0.3, 0.4) is 0 Å². The first-order chi connectivity index (χ1) is 9.54. The molecule has 1 aromatic rings. The van der Waals surface area contributed by atoms with Gasteiger partial charge in [0.05, 0.1) is 13.0 Å². The fraction of sp³-hybridized carbons (Fsp3) is 0.400. The zero-order valence-corrected chi connectivity index (χ0v) is 11.3. The van der Waals surface area contributed by atoms with Gasteiger partial charge in [-0.15, -0.1) is 0 Å². The van der Waals surface area contributed by atoms with Crippen molar-refractivity contribution in [3.63, 3.8) is 0 Å². The molecular formula is C15H17NO4. The van der Waals surface area contributed by atoms with Gasteiger partial charge < -0.3 is 10.1 Å². The van der Waals surface area contributed by atoms with E-state index in [2.05, 4.69) is 5.32 Å². The largest absolute Gasteiger partial charge is 0.464 e. The Bertz CT molecular complexity index is 521. The lowest BCUT2D eigenvalue weighted by atomic mass is 10.1. The quantitative estimate of drug-likeness (QED) is 0.641. The average molecular weight is 275 g/mol. The number of rotatable bonds is 5. The molecule has 0 bridgehead atoms. The number of hydrogen-bond acceptors (Lipinski definition) is 4. The third-order valence-corrected chi connectivity index (χ3v) is 3.15. The monoisotopic (exact) mass is 275 g/mol. The third-order valence-electron chi connectivity index (χ3n) is 3.15. The molecule has 1 fully saturated rings. The second-order valence-corrected chi connectivity index (χ2v) is 4.95. The van der Waals surface area contributed by atoms with E-state index in [4.69, 9.17) is 4.74 Å². The summed E-state index contributed by atoms with van der Waals surface area (Å²) in [6, 6.07) is 7.00. The van der Waals surface area contributed by atoms with Crippen LogP contribution in [0.15, 0.2) is 24.3 Å². The second-order valence-electron chi connectivity index (χ2n) is 4.95. The van der Waals surface area contributed by atoms with Crippen molar-refractivity contribution in [3.8, 4) is 0 Å². The van der Waals surface area contributed by atoms with Crippen molar-refractivity contribution in [2.75, 3.05) is 6.61 Å². The van der Waals surface area contributed by atoms with E-state index < -0.39 is 17.9 Å². The van der Waals surface area contributed by atoms with Crippen LogP contribution in [0.4, 0.5) is 0 Å². The van der Waals surface area contributed by atoms with Crippen molar-refractivity contribution in [2.45, 2.75) is 32.2 Å². The van der Waals surface area contributed by atoms with E-state index >= 15 is 0 Å². The van der Waals surface area contributed by atoms with Crippen LogP contribution in [0, 0.1) is 6.92 Å². The topological polar surface area (TPSA) is 72.5 Å². The first-order valence-corrected chi connectivity index (χ1v) is 6.58. The van der Waals surface area contributed by atoms with Gasteiger partial charge >= 0.3 is 5.97 Å². The zero-order valence-electron chi connectivity index (χ0n) is 11.3. The molecule has 5 heteroatoms. The molecule has 1 N–H and O–H groups in total. The number of esters is 1. The molecule has 20 heavy (non-hydrogen) atoms. The number of ether oxygens (including phenoxy) is 1. The minimum atomic E-state index is -0.602. The molecule has 1 saturated heterocycles. The van der Waals surface area contributed by atoms with Gasteiger partial charge in [-0.25, -0.2) is 4.79 Å². The van der Waals surface area contributed by atoms with Crippen LogP contribution in [0.5, 0.6) is 0 Å². The van der Waals surface area contributed by atoms with Gasteiger partial charge in [0.15, 0.2) is 0 Å². The van der Waals surface area contributed by atoms with E-state index in [-0.39, 0.29) is 18.6 Å². The summed E-state index contributed by atoms with van der Waals surface area (Å²) in [6.07, 6.45) is 0.483. The summed E-state index contributed by atoms with van der Waals surface area (Å²) in [5, 5.41) is 2.52. The summed E-state index contributed by atoms with van der Waals surface area (Å²) in [7, 11) is 0. The van der Waals surface area contributed by atoms with Gasteiger partial charge in [0.2, 0.25) is 5.91 Å². The van der Waals surface area contributed by atoms with Gasteiger partial charge in [0.1, 0.15) is 11.8 Å². The van der Waals surface area contributed by atoms with Crippen LogP contribution in [0.2, 0.25) is 0 Å². The Morgan fingerprint density at radius 1 is 1.30 bits per heavy atom. The van der Waals surface area contributed by atoms with Crippen LogP contribution in [-0.2, 0) is 25.5 Å². The standard InChI is InChI=1S/C15H17NO4/c1-10-2-4-11(5-3-10)8-12(17)9-14(18)16-13-6-7-20-15(13)19/h2-5,13H,6-9H2,1H3,(H,16,18). The van der Waals surface area contributed by atoms with Crippen LogP contribution < -0.4 is 5.32 Å². The molecule has 1 heterocycles. The van der Waals surface area contributed by atoms with E-state index in [1.165, 1.54) is 0 Å². The van der Waals surface area contributed by atoms with E-state index in [1.807, 2.05) is 31.2 Å². The van der Waals surface area contributed by atoms with Gasteiger partial charge in [-0.05, 0) is 12.5 Å². The van der Waals surface area contributed by atoms with Crippen LogP contribution in [0.25, 0.3) is 0 Å². The molecule has 1 unspecified atom stereocenters. The summed E-state index contributed by atoms with van der Waals surface area (Å²) < 4.78 is 4.74. The number of amides is 1.